The summed E-state index contributed by atoms with van der Waals surface area (Å²) >= 11 is 2.99. The molecule has 0 heterocycles. The largest absolute Gasteiger partial charge is 0.323 e. The molecule has 0 bridgehead atoms. The third kappa shape index (κ3) is 7.69. The van der Waals surface area contributed by atoms with Crippen molar-refractivity contribution in [3.63, 3.8) is 0 Å². The van der Waals surface area contributed by atoms with E-state index in [0.717, 1.165) is 26.5 Å². The van der Waals surface area contributed by atoms with E-state index in [0.29, 0.717) is 11.4 Å². The Balaban J connectivity index is 1.41. The van der Waals surface area contributed by atoms with Crippen LogP contribution in [-0.2, 0) is 9.59 Å². The number of carbonyl (C=O) groups excluding carboxylic acids is 2. The summed E-state index contributed by atoms with van der Waals surface area (Å²) in [7, 11) is 0. The molecular formula is C35H30N2O2S2. The molecule has 0 aliphatic carbocycles. The molecule has 204 valence electrons. The predicted octanol–water partition coefficient (Wildman–Crippen LogP) is 8.94. The zero-order chi connectivity index (χ0) is 28.4. The van der Waals surface area contributed by atoms with Crippen LogP contribution in [0.2, 0.25) is 0 Å². The van der Waals surface area contributed by atoms with Gasteiger partial charge in [0.2, 0.25) is 11.8 Å². The van der Waals surface area contributed by atoms with Crippen LogP contribution in [-0.4, -0.2) is 11.8 Å². The third-order valence-corrected chi connectivity index (χ3v) is 8.90. The molecule has 0 saturated heterocycles. The van der Waals surface area contributed by atoms with Gasteiger partial charge in [-0.05, 0) is 60.0 Å². The van der Waals surface area contributed by atoms with Crippen molar-refractivity contribution in [2.24, 2.45) is 0 Å². The Hall–Kier alpha value is -4.26. The number of benzene rings is 5. The van der Waals surface area contributed by atoms with E-state index in [1.807, 2.05) is 146 Å². The van der Waals surface area contributed by atoms with Crippen molar-refractivity contribution in [1.82, 2.24) is 0 Å². The Bertz CT molecular complexity index is 1580. The Kier molecular flexibility index (Phi) is 9.57. The van der Waals surface area contributed by atoms with E-state index in [-0.39, 0.29) is 11.8 Å². The second-order valence-corrected chi connectivity index (χ2v) is 11.8. The predicted molar refractivity (Wildman–Crippen MR) is 171 cm³/mol. The number of rotatable bonds is 10. The van der Waals surface area contributed by atoms with Crippen LogP contribution in [0.3, 0.4) is 0 Å². The van der Waals surface area contributed by atoms with E-state index < -0.39 is 10.5 Å². The highest BCUT2D eigenvalue weighted by Gasteiger charge is 2.25. The van der Waals surface area contributed by atoms with Gasteiger partial charge in [0.05, 0.1) is 11.4 Å². The summed E-state index contributed by atoms with van der Waals surface area (Å²) in [6, 6.07) is 44.9. The summed E-state index contributed by atoms with van der Waals surface area (Å²) in [6.07, 6.45) is 0. The summed E-state index contributed by atoms with van der Waals surface area (Å²) in [5.41, 5.74) is 3.90. The molecule has 0 radical (unpaired) electrons. The number of hydrogen-bond acceptors (Lipinski definition) is 4. The smallest absolute Gasteiger partial charge is 0.242 e. The molecular weight excluding hydrogens is 545 g/mol. The fraction of sp³-hybridized carbons (Fsp3) is 0.0857. The average molecular weight is 575 g/mol. The minimum absolute atomic E-state index is 0.163. The van der Waals surface area contributed by atoms with Crippen molar-refractivity contribution >= 4 is 46.7 Å². The second-order valence-electron chi connectivity index (χ2n) is 9.47. The standard InChI is InChI=1S/C35H30N2O2S2/c1-25-22-23-30(36-34(38)32(26-14-6-2-7-15-26)40-28-18-10-4-11-19-28)31(24-25)37-35(39)33(27-16-8-3-9-17-27)41-29-20-12-5-13-21-29/h2-24,32-33H,1H3,(H,36,38)(H,37,39). The van der Waals surface area contributed by atoms with Crippen molar-refractivity contribution in [2.75, 3.05) is 10.6 Å². The minimum Gasteiger partial charge on any atom is -0.323 e. The summed E-state index contributed by atoms with van der Waals surface area (Å²) < 4.78 is 0. The molecule has 2 amide bonds. The van der Waals surface area contributed by atoms with E-state index in [1.54, 1.807) is 0 Å². The first-order valence-electron chi connectivity index (χ1n) is 13.3. The van der Waals surface area contributed by atoms with Gasteiger partial charge in [-0.2, -0.15) is 0 Å². The van der Waals surface area contributed by atoms with Gasteiger partial charge in [-0.3, -0.25) is 9.59 Å². The maximum atomic E-state index is 13.8. The van der Waals surface area contributed by atoms with Gasteiger partial charge in [0.25, 0.3) is 0 Å². The lowest BCUT2D eigenvalue weighted by molar-refractivity contribution is -0.116. The number of carbonyl (C=O) groups is 2. The van der Waals surface area contributed by atoms with Crippen molar-refractivity contribution < 1.29 is 9.59 Å². The highest BCUT2D eigenvalue weighted by Crippen LogP contribution is 2.39. The molecule has 4 nitrogen and oxygen atoms in total. The average Bonchev–Trinajstić information content (AvgIpc) is 3.02. The maximum Gasteiger partial charge on any atom is 0.242 e. The van der Waals surface area contributed by atoms with Gasteiger partial charge in [-0.1, -0.05) is 103 Å². The molecule has 0 fully saturated rings. The van der Waals surface area contributed by atoms with Crippen LogP contribution >= 0.6 is 23.5 Å². The third-order valence-electron chi connectivity index (χ3n) is 6.37. The van der Waals surface area contributed by atoms with Crippen molar-refractivity contribution in [3.8, 4) is 0 Å². The molecule has 2 N–H and O–H groups in total. The van der Waals surface area contributed by atoms with E-state index >= 15 is 0 Å². The van der Waals surface area contributed by atoms with E-state index in [9.17, 15) is 9.59 Å². The van der Waals surface area contributed by atoms with Crippen molar-refractivity contribution in [3.05, 3.63) is 156 Å². The zero-order valence-electron chi connectivity index (χ0n) is 22.6. The molecule has 6 heteroatoms. The summed E-state index contributed by atoms with van der Waals surface area (Å²) in [6.45, 7) is 1.96. The van der Waals surface area contributed by atoms with Crippen LogP contribution in [0.1, 0.15) is 27.2 Å². The van der Waals surface area contributed by atoms with Crippen LogP contribution in [0.25, 0.3) is 0 Å². The van der Waals surface area contributed by atoms with E-state index in [4.69, 9.17) is 0 Å². The van der Waals surface area contributed by atoms with Gasteiger partial charge >= 0.3 is 0 Å². The first-order chi connectivity index (χ1) is 20.1. The zero-order valence-corrected chi connectivity index (χ0v) is 24.2. The Morgan fingerprint density at radius 3 is 1.34 bits per heavy atom. The molecule has 0 saturated carbocycles. The van der Waals surface area contributed by atoms with Crippen molar-refractivity contribution in [1.29, 1.82) is 0 Å². The fourth-order valence-corrected chi connectivity index (χ4v) is 6.43. The van der Waals surface area contributed by atoms with Crippen LogP contribution in [0.15, 0.2) is 149 Å². The molecule has 5 rings (SSSR count). The first kappa shape index (κ1) is 28.3. The van der Waals surface area contributed by atoms with Crippen LogP contribution in [0.4, 0.5) is 11.4 Å². The summed E-state index contributed by atoms with van der Waals surface area (Å²) in [4.78, 5) is 29.6. The fourth-order valence-electron chi connectivity index (χ4n) is 4.34. The number of hydrogen-bond donors (Lipinski definition) is 2. The summed E-state index contributed by atoms with van der Waals surface area (Å²) in [5, 5.41) is 5.28. The molecule has 2 atom stereocenters. The highest BCUT2D eigenvalue weighted by atomic mass is 32.2. The number of anilines is 2. The Morgan fingerprint density at radius 1 is 0.512 bits per heavy atom. The maximum absolute atomic E-state index is 13.8. The SMILES string of the molecule is Cc1ccc(NC(=O)C(Sc2ccccc2)c2ccccc2)c(NC(=O)C(Sc2ccccc2)c2ccccc2)c1. The van der Waals surface area contributed by atoms with E-state index in [2.05, 4.69) is 10.6 Å². The Morgan fingerprint density at radius 2 is 0.902 bits per heavy atom. The molecule has 41 heavy (non-hydrogen) atoms. The van der Waals surface area contributed by atoms with E-state index in [1.165, 1.54) is 23.5 Å². The topological polar surface area (TPSA) is 58.2 Å². The lowest BCUT2D eigenvalue weighted by Gasteiger charge is -2.21. The minimum atomic E-state index is -0.478. The van der Waals surface area contributed by atoms with Crippen LogP contribution in [0, 0.1) is 6.92 Å². The number of nitrogens with one attached hydrogen (secondary N) is 2. The molecule has 0 aromatic heterocycles. The number of thioether (sulfide) groups is 2. The van der Waals surface area contributed by atoms with Crippen molar-refractivity contribution in [2.45, 2.75) is 27.2 Å². The summed E-state index contributed by atoms with van der Waals surface area (Å²) in [5.74, 6) is -0.327. The van der Waals surface area contributed by atoms with Crippen LogP contribution < -0.4 is 10.6 Å². The molecule has 0 aliphatic rings. The first-order valence-corrected chi connectivity index (χ1v) is 15.1. The van der Waals surface area contributed by atoms with Gasteiger partial charge < -0.3 is 10.6 Å². The van der Waals surface area contributed by atoms with Gasteiger partial charge in [0, 0.05) is 9.79 Å². The molecule has 5 aromatic rings. The Labute approximate surface area is 249 Å². The van der Waals surface area contributed by atoms with Gasteiger partial charge in [0.1, 0.15) is 10.5 Å². The molecule has 0 aliphatic heterocycles. The number of aryl methyl sites for hydroxylation is 1. The van der Waals surface area contributed by atoms with Crippen LogP contribution in [0.5, 0.6) is 0 Å². The van der Waals surface area contributed by atoms with Gasteiger partial charge in [-0.15, -0.1) is 23.5 Å². The lowest BCUT2D eigenvalue weighted by Crippen LogP contribution is -2.23. The van der Waals surface area contributed by atoms with Gasteiger partial charge in [0.15, 0.2) is 0 Å². The second kappa shape index (κ2) is 13.9. The molecule has 2 unspecified atom stereocenters. The quantitative estimate of drug-likeness (QED) is 0.164. The normalized spacial score (nSPS) is 12.2. The molecule has 5 aromatic carbocycles. The van der Waals surface area contributed by atoms with Gasteiger partial charge in [-0.25, -0.2) is 0 Å². The highest BCUT2D eigenvalue weighted by molar-refractivity contribution is 8.00. The monoisotopic (exact) mass is 574 g/mol. The number of amides is 2. The lowest BCUT2D eigenvalue weighted by atomic mass is 10.1. The molecule has 0 spiro atoms.